The number of rotatable bonds is 6. The number of pyridine rings is 1. The average Bonchev–Trinajstić information content (AvgIpc) is 3.11. The molecule has 1 aliphatic rings. The first-order valence-corrected chi connectivity index (χ1v) is 11.1. The van der Waals surface area contributed by atoms with Gasteiger partial charge in [0.15, 0.2) is 5.78 Å². The number of nitrogens with one attached hydrogen (secondary N) is 1. The number of aromatic nitrogens is 2. The number of hydrogen-bond donors (Lipinski definition) is 1. The van der Waals surface area contributed by atoms with E-state index in [9.17, 15) is 9.59 Å². The summed E-state index contributed by atoms with van der Waals surface area (Å²) < 4.78 is 0. The Bertz CT molecular complexity index is 1080. The van der Waals surface area contributed by atoms with Crippen LogP contribution in [0.15, 0.2) is 54.9 Å². The fourth-order valence-electron chi connectivity index (χ4n) is 4.40. The first-order valence-electron chi connectivity index (χ1n) is 11.1. The molecule has 1 aliphatic carbocycles. The Balaban J connectivity index is 1.69. The summed E-state index contributed by atoms with van der Waals surface area (Å²) in [6.07, 6.45) is 6.51. The first-order chi connectivity index (χ1) is 14.8. The van der Waals surface area contributed by atoms with E-state index in [2.05, 4.69) is 42.9 Å². The second-order valence-corrected chi connectivity index (χ2v) is 9.79. The lowest BCUT2D eigenvalue weighted by molar-refractivity contribution is -0.123. The van der Waals surface area contributed by atoms with Gasteiger partial charge in [-0.05, 0) is 41.5 Å². The summed E-state index contributed by atoms with van der Waals surface area (Å²) >= 11 is 0. The molecule has 31 heavy (non-hydrogen) atoms. The molecule has 0 fully saturated rings. The van der Waals surface area contributed by atoms with Gasteiger partial charge in [0.2, 0.25) is 0 Å². The molecule has 0 aliphatic heterocycles. The number of carbonyl (C=O) groups excluding carboxylic acids is 2. The topological polar surface area (TPSA) is 62.8 Å². The number of hydrogen-bond acceptors (Lipinski definition) is 3. The minimum atomic E-state index is -0.226. The Morgan fingerprint density at radius 1 is 1.06 bits per heavy atom. The third-order valence-corrected chi connectivity index (χ3v) is 6.11. The van der Waals surface area contributed by atoms with E-state index in [1.54, 1.807) is 12.4 Å². The number of fused-ring (bicyclic) bond motifs is 1. The quantitative estimate of drug-likeness (QED) is 0.554. The van der Waals surface area contributed by atoms with Crippen LogP contribution in [0, 0.1) is 11.3 Å². The molecule has 4 heteroatoms. The van der Waals surface area contributed by atoms with Crippen LogP contribution in [0.25, 0.3) is 11.3 Å². The van der Waals surface area contributed by atoms with Crippen molar-refractivity contribution in [3.8, 4) is 11.3 Å². The van der Waals surface area contributed by atoms with Crippen LogP contribution in [0.1, 0.15) is 67.2 Å². The maximum Gasteiger partial charge on any atom is 0.165 e. The number of carbonyl (C=O) groups is 2. The maximum atomic E-state index is 13.3. The molecule has 1 aromatic carbocycles. The van der Waals surface area contributed by atoms with Gasteiger partial charge in [-0.1, -0.05) is 51.1 Å². The standard InChI is InChI=1S/C27H30N2O2/c1-27(2,3)12-9-23(30)20-16-22-25(24(31)17-20)21(15-18-7-5-4-6-8-18)26(29-22)19-10-13-28-14-11-19/h4-8,10-11,13-14,20,29H,9,12,15-17H2,1-3H3. The average molecular weight is 415 g/mol. The zero-order valence-corrected chi connectivity index (χ0v) is 18.6. The van der Waals surface area contributed by atoms with Crippen LogP contribution >= 0.6 is 0 Å². The molecule has 0 radical (unpaired) electrons. The van der Waals surface area contributed by atoms with Gasteiger partial charge in [0.05, 0.1) is 5.69 Å². The van der Waals surface area contributed by atoms with Crippen LogP contribution in [0.4, 0.5) is 0 Å². The molecule has 1 N–H and O–H groups in total. The number of H-pyrrole nitrogens is 1. The second kappa shape index (κ2) is 8.62. The SMILES string of the molecule is CC(C)(C)CCC(=O)C1CC(=O)c2c([nH]c(-c3ccncc3)c2Cc2ccccc2)C1. The van der Waals surface area contributed by atoms with Crippen LogP contribution in [-0.4, -0.2) is 21.5 Å². The zero-order valence-electron chi connectivity index (χ0n) is 18.6. The maximum absolute atomic E-state index is 13.3. The van der Waals surface area contributed by atoms with Crippen molar-refractivity contribution < 1.29 is 9.59 Å². The summed E-state index contributed by atoms with van der Waals surface area (Å²) in [5.41, 5.74) is 5.97. The van der Waals surface area contributed by atoms with Gasteiger partial charge < -0.3 is 4.98 Å². The summed E-state index contributed by atoms with van der Waals surface area (Å²) in [6.45, 7) is 6.44. The highest BCUT2D eigenvalue weighted by Gasteiger charge is 2.34. The van der Waals surface area contributed by atoms with E-state index in [4.69, 9.17) is 0 Å². The van der Waals surface area contributed by atoms with Crippen molar-refractivity contribution >= 4 is 11.6 Å². The van der Waals surface area contributed by atoms with E-state index in [0.29, 0.717) is 25.7 Å². The zero-order chi connectivity index (χ0) is 22.0. The molecule has 1 unspecified atom stereocenters. The molecule has 4 nitrogen and oxygen atoms in total. The fourth-order valence-corrected chi connectivity index (χ4v) is 4.40. The van der Waals surface area contributed by atoms with Crippen LogP contribution in [-0.2, 0) is 17.6 Å². The third kappa shape index (κ3) is 4.84. The molecular formula is C27H30N2O2. The van der Waals surface area contributed by atoms with E-state index in [1.807, 2.05) is 30.3 Å². The minimum Gasteiger partial charge on any atom is -0.358 e. The van der Waals surface area contributed by atoms with Gasteiger partial charge in [-0.25, -0.2) is 0 Å². The van der Waals surface area contributed by atoms with Gasteiger partial charge in [-0.3, -0.25) is 14.6 Å². The number of benzene rings is 1. The molecule has 160 valence electrons. The minimum absolute atomic E-state index is 0.0813. The molecule has 0 spiro atoms. The van der Waals surface area contributed by atoms with Crippen LogP contribution < -0.4 is 0 Å². The van der Waals surface area contributed by atoms with Gasteiger partial charge in [0.1, 0.15) is 5.78 Å². The Labute approximate surface area is 184 Å². The summed E-state index contributed by atoms with van der Waals surface area (Å²) in [5.74, 6) is 0.0623. The normalized spacial score (nSPS) is 16.2. The van der Waals surface area contributed by atoms with Gasteiger partial charge in [0, 0.05) is 54.4 Å². The van der Waals surface area contributed by atoms with Gasteiger partial charge in [-0.15, -0.1) is 0 Å². The lowest BCUT2D eigenvalue weighted by Crippen LogP contribution is -2.27. The lowest BCUT2D eigenvalue weighted by Gasteiger charge is -2.23. The van der Waals surface area contributed by atoms with Crippen molar-refractivity contribution in [2.75, 3.05) is 0 Å². The van der Waals surface area contributed by atoms with Crippen LogP contribution in [0.5, 0.6) is 0 Å². The number of aromatic amines is 1. The highest BCUT2D eigenvalue weighted by atomic mass is 16.1. The van der Waals surface area contributed by atoms with Crippen LogP contribution in [0.2, 0.25) is 0 Å². The molecule has 4 rings (SSSR count). The fraction of sp³-hybridized carbons (Fsp3) is 0.370. The highest BCUT2D eigenvalue weighted by molar-refractivity contribution is 6.04. The van der Waals surface area contributed by atoms with E-state index < -0.39 is 0 Å². The molecule has 0 bridgehead atoms. The summed E-state index contributed by atoms with van der Waals surface area (Å²) in [5, 5.41) is 0. The Morgan fingerprint density at radius 3 is 2.45 bits per heavy atom. The van der Waals surface area contributed by atoms with Crippen LogP contribution in [0.3, 0.4) is 0 Å². The molecule has 0 saturated carbocycles. The predicted octanol–water partition coefficient (Wildman–Crippen LogP) is 5.81. The Kier molecular flexibility index (Phi) is 5.90. The van der Waals surface area contributed by atoms with E-state index in [0.717, 1.165) is 40.1 Å². The Morgan fingerprint density at radius 2 is 1.77 bits per heavy atom. The first kappa shape index (κ1) is 21.2. The molecule has 1 atom stereocenters. The summed E-state index contributed by atoms with van der Waals surface area (Å²) in [4.78, 5) is 33.8. The molecule has 0 saturated heterocycles. The van der Waals surface area contributed by atoms with Gasteiger partial charge in [-0.2, -0.15) is 0 Å². The van der Waals surface area contributed by atoms with Crippen molar-refractivity contribution in [3.05, 3.63) is 77.2 Å². The van der Waals surface area contributed by atoms with Crippen molar-refractivity contribution in [3.63, 3.8) is 0 Å². The second-order valence-electron chi connectivity index (χ2n) is 9.79. The molecule has 0 amide bonds. The number of nitrogens with zero attached hydrogens (tertiary/aromatic N) is 1. The molecule has 3 aromatic rings. The lowest BCUT2D eigenvalue weighted by atomic mass is 9.79. The molecule has 2 heterocycles. The smallest absolute Gasteiger partial charge is 0.165 e. The van der Waals surface area contributed by atoms with Crippen molar-refractivity contribution in [2.45, 2.75) is 52.9 Å². The van der Waals surface area contributed by atoms with Crippen molar-refractivity contribution in [2.24, 2.45) is 11.3 Å². The van der Waals surface area contributed by atoms with Crippen molar-refractivity contribution in [1.82, 2.24) is 9.97 Å². The third-order valence-electron chi connectivity index (χ3n) is 6.11. The number of ketones is 2. The molecule has 2 aromatic heterocycles. The largest absolute Gasteiger partial charge is 0.358 e. The van der Waals surface area contributed by atoms with E-state index >= 15 is 0 Å². The van der Waals surface area contributed by atoms with E-state index in [-0.39, 0.29) is 22.9 Å². The monoisotopic (exact) mass is 414 g/mol. The highest BCUT2D eigenvalue weighted by Crippen LogP contribution is 2.37. The number of Topliss-reactive ketones (excluding diaryl/α,β-unsaturated/α-hetero) is 2. The summed E-state index contributed by atoms with van der Waals surface area (Å²) in [6, 6.07) is 14.1. The summed E-state index contributed by atoms with van der Waals surface area (Å²) in [7, 11) is 0. The Hall–Kier alpha value is -3.01. The molecular weight excluding hydrogens is 384 g/mol. The van der Waals surface area contributed by atoms with E-state index in [1.165, 1.54) is 0 Å². The van der Waals surface area contributed by atoms with Crippen molar-refractivity contribution in [1.29, 1.82) is 0 Å². The van der Waals surface area contributed by atoms with Gasteiger partial charge >= 0.3 is 0 Å². The predicted molar refractivity (Wildman–Crippen MR) is 123 cm³/mol. The van der Waals surface area contributed by atoms with Gasteiger partial charge in [0.25, 0.3) is 0 Å².